The van der Waals surface area contributed by atoms with Crippen LogP contribution in [0.5, 0.6) is 0 Å². The monoisotopic (exact) mass is 407 g/mol. The molecule has 0 aromatic heterocycles. The Morgan fingerprint density at radius 2 is 1.48 bits per heavy atom. The zero-order valence-corrected chi connectivity index (χ0v) is 17.3. The first-order chi connectivity index (χ1) is 12.5. The summed E-state index contributed by atoms with van der Waals surface area (Å²) in [7, 11) is -7.27. The molecule has 146 valence electrons. The topological polar surface area (TPSA) is 80.3 Å². The van der Waals surface area contributed by atoms with Crippen molar-refractivity contribution in [2.45, 2.75) is 31.1 Å². The number of hydrogen-bond donors (Lipinski definition) is 1. The summed E-state index contributed by atoms with van der Waals surface area (Å²) in [6.45, 7) is 5.96. The molecule has 0 fully saturated rings. The van der Waals surface area contributed by atoms with E-state index < -0.39 is 19.9 Å². The number of rotatable bonds is 7. The maximum absolute atomic E-state index is 12.4. The Balaban J connectivity index is 1.98. The van der Waals surface area contributed by atoms with Gasteiger partial charge in [-0.05, 0) is 34.8 Å². The van der Waals surface area contributed by atoms with E-state index in [0.29, 0.717) is 0 Å². The van der Waals surface area contributed by atoms with Crippen LogP contribution in [-0.4, -0.2) is 29.1 Å². The molecule has 0 saturated heterocycles. The van der Waals surface area contributed by atoms with Crippen LogP contribution in [0.3, 0.4) is 0 Å². The molecule has 0 bridgehead atoms. The van der Waals surface area contributed by atoms with Gasteiger partial charge in [-0.2, -0.15) is 0 Å². The molecule has 0 saturated carbocycles. The average Bonchev–Trinajstić information content (AvgIpc) is 2.60. The van der Waals surface area contributed by atoms with E-state index in [1.54, 1.807) is 48.5 Å². The largest absolute Gasteiger partial charge is 0.233 e. The second-order valence-corrected chi connectivity index (χ2v) is 11.0. The van der Waals surface area contributed by atoms with Gasteiger partial charge in [-0.1, -0.05) is 63.2 Å². The fourth-order valence-electron chi connectivity index (χ4n) is 2.38. The lowest BCUT2D eigenvalue weighted by molar-refractivity contribution is 0.584. The Bertz CT molecular complexity index is 986. The molecular weight excluding hydrogens is 382 g/mol. The minimum Gasteiger partial charge on any atom is -0.224 e. The second-order valence-electron chi connectivity index (χ2n) is 7.25. The Morgan fingerprint density at radius 3 is 2.04 bits per heavy atom. The van der Waals surface area contributed by atoms with E-state index in [9.17, 15) is 16.8 Å². The summed E-state index contributed by atoms with van der Waals surface area (Å²) in [5.41, 5.74) is 1.71. The molecule has 7 heteroatoms. The lowest BCUT2D eigenvalue weighted by atomic mass is 9.87. The van der Waals surface area contributed by atoms with Crippen LogP contribution in [-0.2, 0) is 25.3 Å². The van der Waals surface area contributed by atoms with Crippen molar-refractivity contribution in [3.63, 3.8) is 0 Å². The Labute approximate surface area is 162 Å². The zero-order valence-electron chi connectivity index (χ0n) is 15.7. The van der Waals surface area contributed by atoms with Gasteiger partial charge in [0.2, 0.25) is 10.0 Å². The van der Waals surface area contributed by atoms with Gasteiger partial charge in [0.05, 0.1) is 10.6 Å². The third kappa shape index (κ3) is 6.61. The van der Waals surface area contributed by atoms with Crippen molar-refractivity contribution in [1.82, 2.24) is 4.72 Å². The van der Waals surface area contributed by atoms with E-state index in [1.807, 2.05) is 26.8 Å². The molecule has 1 N–H and O–H groups in total. The van der Waals surface area contributed by atoms with Crippen molar-refractivity contribution in [1.29, 1.82) is 0 Å². The van der Waals surface area contributed by atoms with Crippen molar-refractivity contribution in [3.8, 4) is 0 Å². The van der Waals surface area contributed by atoms with Crippen LogP contribution in [0.2, 0.25) is 0 Å². The zero-order chi connectivity index (χ0) is 20.1. The van der Waals surface area contributed by atoms with Crippen LogP contribution >= 0.6 is 0 Å². The van der Waals surface area contributed by atoms with E-state index in [2.05, 4.69) is 4.72 Å². The molecule has 0 radical (unpaired) electrons. The molecule has 0 aliphatic rings. The van der Waals surface area contributed by atoms with Gasteiger partial charge >= 0.3 is 0 Å². The third-order valence-electron chi connectivity index (χ3n) is 3.99. The van der Waals surface area contributed by atoms with Gasteiger partial charge in [0, 0.05) is 12.0 Å². The fraction of sp³-hybridized carbons (Fsp3) is 0.300. The van der Waals surface area contributed by atoms with Crippen molar-refractivity contribution in [2.24, 2.45) is 0 Å². The van der Waals surface area contributed by atoms with Gasteiger partial charge in [-0.15, -0.1) is 0 Å². The minimum absolute atomic E-state index is 0.0665. The molecule has 27 heavy (non-hydrogen) atoms. The summed E-state index contributed by atoms with van der Waals surface area (Å²) in [6, 6.07) is 15.7. The van der Waals surface area contributed by atoms with Crippen LogP contribution in [0.25, 0.3) is 6.08 Å². The van der Waals surface area contributed by atoms with Crippen LogP contribution in [0.4, 0.5) is 0 Å². The van der Waals surface area contributed by atoms with E-state index in [4.69, 9.17) is 0 Å². The predicted octanol–water partition coefficient (Wildman–Crippen LogP) is 3.35. The Hall–Kier alpha value is -1.96. The van der Waals surface area contributed by atoms with E-state index in [1.165, 1.54) is 6.08 Å². The van der Waals surface area contributed by atoms with Crippen LogP contribution in [0, 0.1) is 0 Å². The molecule has 2 rings (SSSR count). The van der Waals surface area contributed by atoms with Crippen LogP contribution < -0.4 is 4.72 Å². The molecule has 0 aliphatic heterocycles. The van der Waals surface area contributed by atoms with Gasteiger partial charge in [0.1, 0.15) is 0 Å². The van der Waals surface area contributed by atoms with Crippen molar-refractivity contribution >= 4 is 25.9 Å². The summed E-state index contributed by atoms with van der Waals surface area (Å²) >= 11 is 0. The van der Waals surface area contributed by atoms with Gasteiger partial charge in [0.15, 0.2) is 9.84 Å². The molecule has 0 spiro atoms. The number of hydrogen-bond acceptors (Lipinski definition) is 4. The molecule has 0 unspecified atom stereocenters. The highest BCUT2D eigenvalue weighted by atomic mass is 32.2. The predicted molar refractivity (Wildman–Crippen MR) is 110 cm³/mol. The summed E-state index contributed by atoms with van der Waals surface area (Å²) in [6.07, 6.45) is 1.46. The molecule has 2 aromatic rings. The third-order valence-corrected chi connectivity index (χ3v) is 6.83. The number of nitrogens with one attached hydrogen (secondary N) is 1. The molecular formula is C20H25NO4S2. The normalized spacial score (nSPS) is 13.1. The quantitative estimate of drug-likeness (QED) is 0.763. The summed E-state index contributed by atoms with van der Waals surface area (Å²) in [5, 5.41) is 1.03. The molecule has 0 heterocycles. The lowest BCUT2D eigenvalue weighted by Crippen LogP contribution is -2.27. The summed E-state index contributed by atoms with van der Waals surface area (Å²) < 4.78 is 51.1. The van der Waals surface area contributed by atoms with Gasteiger partial charge < -0.3 is 0 Å². The fourth-order valence-corrected chi connectivity index (χ4v) is 4.48. The number of benzene rings is 2. The van der Waals surface area contributed by atoms with E-state index in [-0.39, 0.29) is 22.6 Å². The second kappa shape index (κ2) is 8.37. The van der Waals surface area contributed by atoms with Crippen LogP contribution in [0.1, 0.15) is 31.9 Å². The van der Waals surface area contributed by atoms with Crippen LogP contribution in [0.15, 0.2) is 64.9 Å². The van der Waals surface area contributed by atoms with E-state index in [0.717, 1.165) is 16.5 Å². The Morgan fingerprint density at radius 1 is 0.889 bits per heavy atom. The molecule has 0 amide bonds. The van der Waals surface area contributed by atoms with Gasteiger partial charge in [-0.3, -0.25) is 0 Å². The Kier molecular flexibility index (Phi) is 6.62. The van der Waals surface area contributed by atoms with Crippen molar-refractivity contribution in [3.05, 3.63) is 71.1 Å². The first-order valence-electron chi connectivity index (χ1n) is 8.56. The molecule has 0 atom stereocenters. The summed E-state index contributed by atoms with van der Waals surface area (Å²) in [4.78, 5) is 0.189. The highest BCUT2D eigenvalue weighted by Crippen LogP contribution is 2.23. The maximum atomic E-state index is 12.4. The van der Waals surface area contributed by atoms with Crippen molar-refractivity contribution in [2.75, 3.05) is 12.3 Å². The first-order valence-corrected chi connectivity index (χ1v) is 11.8. The first kappa shape index (κ1) is 21.3. The highest BCUT2D eigenvalue weighted by molar-refractivity contribution is 7.93. The average molecular weight is 408 g/mol. The summed E-state index contributed by atoms with van der Waals surface area (Å²) in [5.74, 6) is -0.305. The number of sulfone groups is 1. The lowest BCUT2D eigenvalue weighted by Gasteiger charge is -2.19. The van der Waals surface area contributed by atoms with E-state index >= 15 is 0 Å². The number of sulfonamides is 1. The maximum Gasteiger partial charge on any atom is 0.233 e. The van der Waals surface area contributed by atoms with Gasteiger partial charge in [0.25, 0.3) is 0 Å². The minimum atomic E-state index is -3.71. The van der Waals surface area contributed by atoms with Gasteiger partial charge in [-0.25, -0.2) is 21.6 Å². The SMILES string of the molecule is CC(C)(C)c1ccc(S(=O)(=O)CCNS(=O)(=O)/C=C/c2ccccc2)cc1. The highest BCUT2D eigenvalue weighted by Gasteiger charge is 2.18. The smallest absolute Gasteiger partial charge is 0.224 e. The molecule has 5 nitrogen and oxygen atoms in total. The van der Waals surface area contributed by atoms with Crippen molar-refractivity contribution < 1.29 is 16.8 Å². The standard InChI is InChI=1S/C20H25NO4S2/c1-20(2,3)18-9-11-19(12-10-18)26(22,23)16-14-21-27(24,25)15-13-17-7-5-4-6-8-17/h4-13,15,21H,14,16H2,1-3H3/b15-13+. The molecule has 0 aliphatic carbocycles. The molecule has 2 aromatic carbocycles.